The fourth-order valence-corrected chi connectivity index (χ4v) is 1.64. The molecular formula is C9H17N. The molecule has 0 amide bonds. The topological polar surface area (TPSA) is 12.0 Å². The highest BCUT2D eigenvalue weighted by molar-refractivity contribution is 4.89. The van der Waals surface area contributed by atoms with Gasteiger partial charge in [0.25, 0.3) is 0 Å². The van der Waals surface area contributed by atoms with Crippen molar-refractivity contribution in [2.45, 2.75) is 45.1 Å². The average molecular weight is 139 g/mol. The zero-order valence-electron chi connectivity index (χ0n) is 6.82. The molecule has 2 aliphatic carbocycles. The predicted octanol–water partition coefficient (Wildman–Crippen LogP) is 1.93. The lowest BCUT2D eigenvalue weighted by molar-refractivity contribution is 0.156. The van der Waals surface area contributed by atoms with Crippen LogP contribution in [0, 0.1) is 5.41 Å². The van der Waals surface area contributed by atoms with E-state index in [0.717, 1.165) is 6.04 Å². The van der Waals surface area contributed by atoms with Crippen molar-refractivity contribution in [3.05, 3.63) is 0 Å². The Kier molecular flexibility index (Phi) is 1.48. The van der Waals surface area contributed by atoms with Crippen molar-refractivity contribution in [3.8, 4) is 0 Å². The van der Waals surface area contributed by atoms with Gasteiger partial charge in [0.15, 0.2) is 0 Å². The highest BCUT2D eigenvalue weighted by atomic mass is 15.0. The molecule has 0 aromatic heterocycles. The number of nitrogens with one attached hydrogen (secondary N) is 1. The molecule has 1 N–H and O–H groups in total. The van der Waals surface area contributed by atoms with Crippen LogP contribution in [0.3, 0.4) is 0 Å². The van der Waals surface area contributed by atoms with Crippen molar-refractivity contribution in [3.63, 3.8) is 0 Å². The molecular weight excluding hydrogens is 122 g/mol. The van der Waals surface area contributed by atoms with Gasteiger partial charge in [-0.1, -0.05) is 13.3 Å². The van der Waals surface area contributed by atoms with E-state index in [-0.39, 0.29) is 0 Å². The summed E-state index contributed by atoms with van der Waals surface area (Å²) in [5.74, 6) is 0. The third-order valence-corrected chi connectivity index (χ3v) is 2.96. The van der Waals surface area contributed by atoms with Crippen LogP contribution in [0.4, 0.5) is 0 Å². The molecule has 0 aromatic carbocycles. The molecule has 58 valence electrons. The third-order valence-electron chi connectivity index (χ3n) is 2.96. The van der Waals surface area contributed by atoms with Gasteiger partial charge < -0.3 is 5.32 Å². The van der Waals surface area contributed by atoms with Crippen LogP contribution < -0.4 is 5.32 Å². The molecule has 0 spiro atoms. The monoisotopic (exact) mass is 139 g/mol. The second-order valence-electron chi connectivity index (χ2n) is 4.32. The first-order chi connectivity index (χ1) is 4.79. The molecule has 0 saturated heterocycles. The molecule has 2 fully saturated rings. The van der Waals surface area contributed by atoms with E-state index in [4.69, 9.17) is 0 Å². The van der Waals surface area contributed by atoms with Gasteiger partial charge >= 0.3 is 0 Å². The third kappa shape index (κ3) is 1.34. The lowest BCUT2D eigenvalue weighted by atomic mass is 9.70. The first-order valence-electron chi connectivity index (χ1n) is 4.52. The van der Waals surface area contributed by atoms with Crippen molar-refractivity contribution in [1.82, 2.24) is 5.32 Å². The number of hydrogen-bond donors (Lipinski definition) is 1. The maximum atomic E-state index is 3.60. The van der Waals surface area contributed by atoms with E-state index in [1.54, 1.807) is 0 Å². The molecule has 0 aromatic rings. The van der Waals surface area contributed by atoms with Gasteiger partial charge in [-0.05, 0) is 31.1 Å². The van der Waals surface area contributed by atoms with Gasteiger partial charge in [0.1, 0.15) is 0 Å². The lowest BCUT2D eigenvalue weighted by Crippen LogP contribution is -2.38. The summed E-state index contributed by atoms with van der Waals surface area (Å²) in [6.07, 6.45) is 7.22. The van der Waals surface area contributed by atoms with Crippen LogP contribution in [0.1, 0.15) is 39.0 Å². The molecule has 0 heterocycles. The first-order valence-corrected chi connectivity index (χ1v) is 4.52. The van der Waals surface area contributed by atoms with Gasteiger partial charge in [0.05, 0.1) is 0 Å². The molecule has 0 bridgehead atoms. The summed E-state index contributed by atoms with van der Waals surface area (Å²) >= 11 is 0. The fraction of sp³-hybridized carbons (Fsp3) is 1.00. The quantitative estimate of drug-likeness (QED) is 0.630. The Hall–Kier alpha value is -0.0400. The second-order valence-corrected chi connectivity index (χ2v) is 4.32. The van der Waals surface area contributed by atoms with E-state index in [2.05, 4.69) is 12.2 Å². The summed E-state index contributed by atoms with van der Waals surface area (Å²) in [6.45, 7) is 3.68. The summed E-state index contributed by atoms with van der Waals surface area (Å²) in [5.41, 5.74) is 0.683. The van der Waals surface area contributed by atoms with Crippen molar-refractivity contribution >= 4 is 0 Å². The Morgan fingerprint density at radius 2 is 2.10 bits per heavy atom. The van der Waals surface area contributed by atoms with Crippen molar-refractivity contribution in [2.75, 3.05) is 6.54 Å². The maximum Gasteiger partial charge on any atom is 0.00684 e. The number of hydrogen-bond acceptors (Lipinski definition) is 1. The van der Waals surface area contributed by atoms with Crippen molar-refractivity contribution < 1.29 is 0 Å². The van der Waals surface area contributed by atoms with Crippen LogP contribution in [0.25, 0.3) is 0 Å². The molecule has 2 aliphatic rings. The summed E-state index contributed by atoms with van der Waals surface area (Å²) in [4.78, 5) is 0. The summed E-state index contributed by atoms with van der Waals surface area (Å²) < 4.78 is 0. The van der Waals surface area contributed by atoms with Gasteiger partial charge in [-0.3, -0.25) is 0 Å². The maximum absolute atomic E-state index is 3.60. The van der Waals surface area contributed by atoms with Crippen LogP contribution in [-0.2, 0) is 0 Å². The molecule has 2 saturated carbocycles. The zero-order valence-corrected chi connectivity index (χ0v) is 6.82. The van der Waals surface area contributed by atoms with Crippen molar-refractivity contribution in [2.24, 2.45) is 5.41 Å². The van der Waals surface area contributed by atoms with E-state index in [9.17, 15) is 0 Å². The van der Waals surface area contributed by atoms with Gasteiger partial charge in [-0.15, -0.1) is 0 Å². The van der Waals surface area contributed by atoms with Crippen LogP contribution in [0.15, 0.2) is 0 Å². The standard InChI is InChI=1S/C9H17N/c1-9(5-2-6-9)7-10-8-3-4-8/h8,10H,2-7H2,1H3. The highest BCUT2D eigenvalue weighted by Gasteiger charge is 2.33. The minimum absolute atomic E-state index is 0.683. The fourth-order valence-electron chi connectivity index (χ4n) is 1.64. The smallest absolute Gasteiger partial charge is 0.00684 e. The van der Waals surface area contributed by atoms with Crippen LogP contribution in [0.5, 0.6) is 0 Å². The Labute approximate surface area is 63.2 Å². The Morgan fingerprint density at radius 3 is 2.50 bits per heavy atom. The van der Waals surface area contributed by atoms with Crippen LogP contribution >= 0.6 is 0 Å². The Balaban J connectivity index is 1.67. The second kappa shape index (κ2) is 2.23. The Bertz CT molecular complexity index is 123. The first kappa shape index (κ1) is 6.66. The molecule has 2 rings (SSSR count). The SMILES string of the molecule is CC1(CNC2CC2)CCC1. The Morgan fingerprint density at radius 1 is 1.40 bits per heavy atom. The molecule has 0 radical (unpaired) electrons. The minimum atomic E-state index is 0.683. The average Bonchev–Trinajstić information content (AvgIpc) is 2.61. The van der Waals surface area contributed by atoms with Crippen LogP contribution in [0.2, 0.25) is 0 Å². The summed E-state index contributed by atoms with van der Waals surface area (Å²) in [6, 6.07) is 0.900. The van der Waals surface area contributed by atoms with E-state index >= 15 is 0 Å². The van der Waals surface area contributed by atoms with Gasteiger partial charge in [-0.25, -0.2) is 0 Å². The van der Waals surface area contributed by atoms with Crippen LogP contribution in [-0.4, -0.2) is 12.6 Å². The van der Waals surface area contributed by atoms with Gasteiger partial charge in [0.2, 0.25) is 0 Å². The molecule has 10 heavy (non-hydrogen) atoms. The minimum Gasteiger partial charge on any atom is -0.313 e. The summed E-state index contributed by atoms with van der Waals surface area (Å²) in [7, 11) is 0. The molecule has 0 unspecified atom stereocenters. The van der Waals surface area contributed by atoms with Crippen molar-refractivity contribution in [1.29, 1.82) is 0 Å². The lowest BCUT2D eigenvalue weighted by Gasteiger charge is -2.38. The van der Waals surface area contributed by atoms with Gasteiger partial charge in [0, 0.05) is 12.6 Å². The molecule has 1 nitrogen and oxygen atoms in total. The van der Waals surface area contributed by atoms with E-state index in [0.29, 0.717) is 5.41 Å². The van der Waals surface area contributed by atoms with E-state index < -0.39 is 0 Å². The normalized spacial score (nSPS) is 29.7. The highest BCUT2D eigenvalue weighted by Crippen LogP contribution is 2.40. The molecule has 0 aliphatic heterocycles. The predicted molar refractivity (Wildman–Crippen MR) is 43.0 cm³/mol. The zero-order chi connectivity index (χ0) is 7.03. The largest absolute Gasteiger partial charge is 0.313 e. The number of rotatable bonds is 3. The van der Waals surface area contributed by atoms with Gasteiger partial charge in [-0.2, -0.15) is 0 Å². The molecule has 1 heteroatoms. The summed E-state index contributed by atoms with van der Waals surface area (Å²) in [5, 5.41) is 3.60. The van der Waals surface area contributed by atoms with E-state index in [1.165, 1.54) is 38.6 Å². The molecule has 0 atom stereocenters. The van der Waals surface area contributed by atoms with E-state index in [1.807, 2.05) is 0 Å².